The molecule has 1 heterocycles. The minimum absolute atomic E-state index is 0.200. The fourth-order valence-corrected chi connectivity index (χ4v) is 2.30. The van der Waals surface area contributed by atoms with E-state index in [1.807, 2.05) is 12.1 Å². The number of aliphatic hydroxyl groups is 1. The highest BCUT2D eigenvalue weighted by molar-refractivity contribution is 6.02. The zero-order chi connectivity index (χ0) is 14.8. The highest BCUT2D eigenvalue weighted by atomic mass is 16.3. The lowest BCUT2D eigenvalue weighted by Crippen LogP contribution is -2.47. The van der Waals surface area contributed by atoms with Crippen LogP contribution >= 0.6 is 0 Å². The SMILES string of the molecule is CCC(N)(O)C(=O)c1ccc(N2CCN(C)CC2)cc1. The lowest BCUT2D eigenvalue weighted by atomic mass is 9.99. The molecule has 1 aromatic rings. The van der Waals surface area contributed by atoms with Crippen LogP contribution in [0.3, 0.4) is 0 Å². The molecule has 0 aromatic heterocycles. The van der Waals surface area contributed by atoms with Crippen LogP contribution in [-0.2, 0) is 0 Å². The summed E-state index contributed by atoms with van der Waals surface area (Å²) in [6, 6.07) is 7.32. The number of likely N-dealkylation sites (N-methyl/N-ethyl adjacent to an activating group) is 1. The average molecular weight is 277 g/mol. The molecule has 5 heteroatoms. The molecule has 1 saturated heterocycles. The number of Topliss-reactive ketones (excluding diaryl/α,β-unsaturated/α-hetero) is 1. The topological polar surface area (TPSA) is 69.8 Å². The van der Waals surface area contributed by atoms with E-state index in [0.717, 1.165) is 31.9 Å². The molecule has 2 rings (SSSR count). The molecule has 1 fully saturated rings. The third-order valence-electron chi connectivity index (χ3n) is 3.93. The molecule has 0 spiro atoms. The van der Waals surface area contributed by atoms with Crippen molar-refractivity contribution in [3.05, 3.63) is 29.8 Å². The molecule has 5 nitrogen and oxygen atoms in total. The van der Waals surface area contributed by atoms with Crippen molar-refractivity contribution in [3.8, 4) is 0 Å². The molecule has 1 unspecified atom stereocenters. The van der Waals surface area contributed by atoms with Crippen molar-refractivity contribution in [2.75, 3.05) is 38.1 Å². The molecule has 3 N–H and O–H groups in total. The first-order chi connectivity index (χ1) is 9.44. The Balaban J connectivity index is 2.09. The van der Waals surface area contributed by atoms with Crippen LogP contribution in [0.25, 0.3) is 0 Å². The number of nitrogens with zero attached hydrogens (tertiary/aromatic N) is 2. The standard InChI is InChI=1S/C15H23N3O2/c1-3-15(16,20)14(19)12-4-6-13(7-5-12)18-10-8-17(2)9-11-18/h4-7,20H,3,8-11,16H2,1-2H3. The lowest BCUT2D eigenvalue weighted by molar-refractivity contribution is 0.0330. The van der Waals surface area contributed by atoms with Gasteiger partial charge in [0.1, 0.15) is 0 Å². The van der Waals surface area contributed by atoms with Gasteiger partial charge in [0, 0.05) is 37.4 Å². The number of rotatable bonds is 4. The van der Waals surface area contributed by atoms with E-state index < -0.39 is 11.5 Å². The van der Waals surface area contributed by atoms with Gasteiger partial charge in [0.15, 0.2) is 5.72 Å². The number of piperazine rings is 1. The molecule has 110 valence electrons. The van der Waals surface area contributed by atoms with Crippen LogP contribution in [0.15, 0.2) is 24.3 Å². The van der Waals surface area contributed by atoms with Crippen LogP contribution in [0.1, 0.15) is 23.7 Å². The fourth-order valence-electron chi connectivity index (χ4n) is 2.30. The van der Waals surface area contributed by atoms with Crippen LogP contribution in [0.5, 0.6) is 0 Å². The largest absolute Gasteiger partial charge is 0.369 e. The van der Waals surface area contributed by atoms with Crippen LogP contribution < -0.4 is 10.6 Å². The Labute approximate surface area is 120 Å². The molecular formula is C15H23N3O2. The van der Waals surface area contributed by atoms with Gasteiger partial charge in [-0.15, -0.1) is 0 Å². The smallest absolute Gasteiger partial charge is 0.209 e. The highest BCUT2D eigenvalue weighted by Gasteiger charge is 2.29. The van der Waals surface area contributed by atoms with Crippen molar-refractivity contribution in [2.24, 2.45) is 5.73 Å². The van der Waals surface area contributed by atoms with Crippen molar-refractivity contribution in [1.82, 2.24) is 4.90 Å². The summed E-state index contributed by atoms with van der Waals surface area (Å²) in [6.45, 7) is 5.74. The lowest BCUT2D eigenvalue weighted by Gasteiger charge is -2.34. The summed E-state index contributed by atoms with van der Waals surface area (Å²) in [5.41, 5.74) is 5.37. The van der Waals surface area contributed by atoms with Crippen LogP contribution in [0.4, 0.5) is 5.69 Å². The zero-order valence-corrected chi connectivity index (χ0v) is 12.2. The molecule has 1 aliphatic heterocycles. The average Bonchev–Trinajstić information content (AvgIpc) is 2.47. The van der Waals surface area contributed by atoms with Gasteiger partial charge < -0.3 is 14.9 Å². The van der Waals surface area contributed by atoms with E-state index in [4.69, 9.17) is 5.73 Å². The van der Waals surface area contributed by atoms with Crippen LogP contribution in [-0.4, -0.2) is 54.7 Å². The summed E-state index contributed by atoms with van der Waals surface area (Å²) in [7, 11) is 2.12. The molecule has 1 atom stereocenters. The predicted octanol–water partition coefficient (Wildman–Crippen LogP) is 0.678. The molecule has 0 amide bonds. The predicted molar refractivity (Wildman–Crippen MR) is 79.9 cm³/mol. The molecule has 1 aromatic carbocycles. The number of carbonyl (C=O) groups is 1. The minimum Gasteiger partial charge on any atom is -0.369 e. The van der Waals surface area contributed by atoms with Crippen molar-refractivity contribution in [3.63, 3.8) is 0 Å². The Kier molecular flexibility index (Phi) is 4.42. The van der Waals surface area contributed by atoms with Gasteiger partial charge in [-0.25, -0.2) is 0 Å². The van der Waals surface area contributed by atoms with Gasteiger partial charge in [0.05, 0.1) is 0 Å². The summed E-state index contributed by atoms with van der Waals surface area (Å²) >= 11 is 0. The van der Waals surface area contributed by atoms with E-state index in [9.17, 15) is 9.90 Å². The van der Waals surface area contributed by atoms with E-state index in [1.165, 1.54) is 0 Å². The first-order valence-electron chi connectivity index (χ1n) is 7.03. The number of nitrogens with two attached hydrogens (primary N) is 1. The molecule has 1 aliphatic rings. The Bertz CT molecular complexity index is 463. The molecule has 0 aliphatic carbocycles. The second-order valence-corrected chi connectivity index (χ2v) is 5.44. The zero-order valence-electron chi connectivity index (χ0n) is 12.2. The minimum atomic E-state index is -1.77. The van der Waals surface area contributed by atoms with Crippen LogP contribution in [0, 0.1) is 0 Å². The first kappa shape index (κ1) is 15.0. The molecular weight excluding hydrogens is 254 g/mol. The normalized spacial score (nSPS) is 19.7. The van der Waals surface area contributed by atoms with Crippen LogP contribution in [0.2, 0.25) is 0 Å². The fraction of sp³-hybridized carbons (Fsp3) is 0.533. The summed E-state index contributed by atoms with van der Waals surface area (Å²) in [5.74, 6) is -0.426. The molecule has 20 heavy (non-hydrogen) atoms. The van der Waals surface area contributed by atoms with Gasteiger partial charge in [0.2, 0.25) is 5.78 Å². The van der Waals surface area contributed by atoms with Crippen molar-refractivity contribution in [1.29, 1.82) is 0 Å². The Morgan fingerprint density at radius 3 is 2.30 bits per heavy atom. The number of anilines is 1. The Hall–Kier alpha value is -1.43. The molecule has 0 radical (unpaired) electrons. The van der Waals surface area contributed by atoms with Gasteiger partial charge in [-0.2, -0.15) is 0 Å². The Morgan fingerprint density at radius 2 is 1.80 bits per heavy atom. The number of hydrogen-bond acceptors (Lipinski definition) is 5. The van der Waals surface area contributed by atoms with E-state index in [1.54, 1.807) is 19.1 Å². The van der Waals surface area contributed by atoms with Gasteiger partial charge in [-0.3, -0.25) is 10.5 Å². The van der Waals surface area contributed by atoms with Crippen molar-refractivity contribution >= 4 is 11.5 Å². The summed E-state index contributed by atoms with van der Waals surface area (Å²) < 4.78 is 0. The monoisotopic (exact) mass is 277 g/mol. The van der Waals surface area contributed by atoms with Gasteiger partial charge in [0.25, 0.3) is 0 Å². The van der Waals surface area contributed by atoms with Gasteiger partial charge in [-0.1, -0.05) is 6.92 Å². The van der Waals surface area contributed by atoms with Crippen molar-refractivity contribution in [2.45, 2.75) is 19.1 Å². The number of hydrogen-bond donors (Lipinski definition) is 2. The summed E-state index contributed by atoms with van der Waals surface area (Å²) in [5, 5.41) is 9.80. The Morgan fingerprint density at radius 1 is 1.25 bits per heavy atom. The maximum Gasteiger partial charge on any atom is 0.209 e. The number of ketones is 1. The first-order valence-corrected chi connectivity index (χ1v) is 7.03. The highest BCUT2D eigenvalue weighted by Crippen LogP contribution is 2.19. The van der Waals surface area contributed by atoms with Gasteiger partial charge >= 0.3 is 0 Å². The second-order valence-electron chi connectivity index (χ2n) is 5.44. The second kappa shape index (κ2) is 5.91. The van der Waals surface area contributed by atoms with E-state index in [2.05, 4.69) is 16.8 Å². The van der Waals surface area contributed by atoms with E-state index in [-0.39, 0.29) is 6.42 Å². The van der Waals surface area contributed by atoms with E-state index in [0.29, 0.717) is 5.56 Å². The number of carbonyl (C=O) groups excluding carboxylic acids is 1. The quantitative estimate of drug-likeness (QED) is 0.625. The molecule has 0 bridgehead atoms. The third kappa shape index (κ3) is 3.17. The summed E-state index contributed by atoms with van der Waals surface area (Å²) in [6.07, 6.45) is 0.200. The maximum absolute atomic E-state index is 12.0. The third-order valence-corrected chi connectivity index (χ3v) is 3.93. The maximum atomic E-state index is 12.0. The number of benzene rings is 1. The van der Waals surface area contributed by atoms with Gasteiger partial charge in [-0.05, 0) is 37.7 Å². The van der Waals surface area contributed by atoms with E-state index >= 15 is 0 Å². The molecule has 0 saturated carbocycles. The summed E-state index contributed by atoms with van der Waals surface area (Å²) in [4.78, 5) is 16.6. The van der Waals surface area contributed by atoms with Crippen molar-refractivity contribution < 1.29 is 9.90 Å².